The normalized spacial score (nSPS) is 15.2. The van der Waals surface area contributed by atoms with Gasteiger partial charge in [0, 0.05) is 48.1 Å². The van der Waals surface area contributed by atoms with Crippen molar-refractivity contribution in [3.8, 4) is 0 Å². The van der Waals surface area contributed by atoms with E-state index in [4.69, 9.17) is 0 Å². The summed E-state index contributed by atoms with van der Waals surface area (Å²) >= 11 is 3.31. The van der Waals surface area contributed by atoms with Crippen molar-refractivity contribution in [2.75, 3.05) is 25.0 Å². The highest BCUT2D eigenvalue weighted by molar-refractivity contribution is 9.10. The first kappa shape index (κ1) is 22.3. The Hall–Kier alpha value is -1.96. The van der Waals surface area contributed by atoms with Gasteiger partial charge in [0.1, 0.15) is 5.82 Å². The lowest BCUT2D eigenvalue weighted by atomic mass is 9.95. The second-order valence-electron chi connectivity index (χ2n) is 8.12. The van der Waals surface area contributed by atoms with Crippen molar-refractivity contribution in [1.82, 2.24) is 15.2 Å². The average Bonchev–Trinajstić information content (AvgIpc) is 2.66. The standard InChI is InChI=1S/C20H29BrN4O3/c1-20(2,3)19(28)22-10-4-5-17(26)25-11-8-14(9-12-25)18(27)24-16-7-6-15(21)13-23-16/h6-7,13-14H,4-5,8-12H2,1-3H3,(H,22,28)(H,23,24,27). The van der Waals surface area contributed by atoms with Crippen LogP contribution in [0.5, 0.6) is 0 Å². The van der Waals surface area contributed by atoms with Crippen LogP contribution in [0.25, 0.3) is 0 Å². The number of hydrogen-bond donors (Lipinski definition) is 2. The molecule has 0 aliphatic carbocycles. The molecule has 0 unspecified atom stereocenters. The number of nitrogens with zero attached hydrogens (tertiary/aromatic N) is 2. The summed E-state index contributed by atoms with van der Waals surface area (Å²) in [6, 6.07) is 3.58. The minimum absolute atomic E-state index is 0.00737. The van der Waals surface area contributed by atoms with Crippen molar-refractivity contribution in [2.45, 2.75) is 46.5 Å². The Morgan fingerprint density at radius 1 is 1.21 bits per heavy atom. The molecule has 8 heteroatoms. The number of rotatable bonds is 6. The largest absolute Gasteiger partial charge is 0.356 e. The maximum Gasteiger partial charge on any atom is 0.228 e. The molecular weight excluding hydrogens is 424 g/mol. The van der Waals surface area contributed by atoms with Gasteiger partial charge >= 0.3 is 0 Å². The molecule has 3 amide bonds. The van der Waals surface area contributed by atoms with Gasteiger partial charge in [0.05, 0.1) is 0 Å². The molecule has 1 fully saturated rings. The second kappa shape index (κ2) is 10.0. The molecule has 2 N–H and O–H groups in total. The van der Waals surface area contributed by atoms with E-state index < -0.39 is 5.41 Å². The zero-order chi connectivity index (χ0) is 20.7. The average molecular weight is 453 g/mol. The molecule has 28 heavy (non-hydrogen) atoms. The van der Waals surface area contributed by atoms with E-state index in [2.05, 4.69) is 31.5 Å². The lowest BCUT2D eigenvalue weighted by molar-refractivity contribution is -0.134. The number of carbonyl (C=O) groups is 3. The molecule has 7 nitrogen and oxygen atoms in total. The lowest BCUT2D eigenvalue weighted by Gasteiger charge is -2.31. The van der Waals surface area contributed by atoms with Crippen LogP contribution in [0.2, 0.25) is 0 Å². The molecule has 2 rings (SSSR count). The third kappa shape index (κ3) is 6.89. The Bertz CT molecular complexity index is 692. The molecule has 0 spiro atoms. The highest BCUT2D eigenvalue weighted by atomic mass is 79.9. The maximum absolute atomic E-state index is 12.4. The Labute approximate surface area is 174 Å². The first-order valence-corrected chi connectivity index (χ1v) is 10.4. The van der Waals surface area contributed by atoms with Crippen molar-refractivity contribution in [1.29, 1.82) is 0 Å². The summed E-state index contributed by atoms with van der Waals surface area (Å²) in [6.45, 7) is 7.25. The van der Waals surface area contributed by atoms with Gasteiger partial charge < -0.3 is 15.5 Å². The fourth-order valence-corrected chi connectivity index (χ4v) is 3.17. The van der Waals surface area contributed by atoms with E-state index in [0.717, 1.165) is 4.47 Å². The summed E-state index contributed by atoms with van der Waals surface area (Å²) < 4.78 is 0.857. The Morgan fingerprint density at radius 3 is 2.46 bits per heavy atom. The molecule has 154 valence electrons. The van der Waals surface area contributed by atoms with Crippen LogP contribution in [0.3, 0.4) is 0 Å². The molecule has 1 aliphatic heterocycles. The molecule has 0 aromatic carbocycles. The van der Waals surface area contributed by atoms with E-state index in [1.165, 1.54) is 0 Å². The summed E-state index contributed by atoms with van der Waals surface area (Å²) in [4.78, 5) is 42.5. The van der Waals surface area contributed by atoms with Gasteiger partial charge in [0.25, 0.3) is 0 Å². The van der Waals surface area contributed by atoms with Crippen LogP contribution in [0.1, 0.15) is 46.5 Å². The fourth-order valence-electron chi connectivity index (χ4n) is 2.93. The first-order valence-electron chi connectivity index (χ1n) is 9.65. The Balaban J connectivity index is 1.68. The number of likely N-dealkylation sites (tertiary alicyclic amines) is 1. The Kier molecular flexibility index (Phi) is 7.98. The Morgan fingerprint density at radius 2 is 1.89 bits per heavy atom. The van der Waals surface area contributed by atoms with Gasteiger partial charge in [0.15, 0.2) is 0 Å². The third-order valence-electron chi connectivity index (χ3n) is 4.73. The van der Waals surface area contributed by atoms with Crippen molar-refractivity contribution in [3.05, 3.63) is 22.8 Å². The summed E-state index contributed by atoms with van der Waals surface area (Å²) in [5, 5.41) is 5.69. The molecule has 1 aliphatic rings. The predicted molar refractivity (Wildman–Crippen MR) is 112 cm³/mol. The second-order valence-corrected chi connectivity index (χ2v) is 9.03. The van der Waals surface area contributed by atoms with Crippen LogP contribution < -0.4 is 10.6 Å². The number of anilines is 1. The summed E-state index contributed by atoms with van der Waals surface area (Å²) in [7, 11) is 0. The molecule has 2 heterocycles. The number of nitrogens with one attached hydrogen (secondary N) is 2. The van der Waals surface area contributed by atoms with Crippen molar-refractivity contribution in [3.63, 3.8) is 0 Å². The molecule has 0 saturated carbocycles. The zero-order valence-electron chi connectivity index (χ0n) is 16.8. The molecule has 0 radical (unpaired) electrons. The van der Waals surface area contributed by atoms with Gasteiger partial charge in [-0.1, -0.05) is 20.8 Å². The van der Waals surface area contributed by atoms with Crippen LogP contribution >= 0.6 is 15.9 Å². The van der Waals surface area contributed by atoms with Gasteiger partial charge in [-0.25, -0.2) is 4.98 Å². The van der Waals surface area contributed by atoms with Crippen LogP contribution in [0, 0.1) is 11.3 Å². The van der Waals surface area contributed by atoms with Crippen LogP contribution in [-0.4, -0.2) is 47.2 Å². The quantitative estimate of drug-likeness (QED) is 0.648. The SMILES string of the molecule is CC(C)(C)C(=O)NCCCC(=O)N1CCC(C(=O)Nc2ccc(Br)cn2)CC1. The van der Waals surface area contributed by atoms with Gasteiger partial charge in [0.2, 0.25) is 17.7 Å². The van der Waals surface area contributed by atoms with Gasteiger partial charge in [-0.2, -0.15) is 0 Å². The van der Waals surface area contributed by atoms with E-state index in [1.54, 1.807) is 12.3 Å². The van der Waals surface area contributed by atoms with Crippen LogP contribution in [0.15, 0.2) is 22.8 Å². The number of hydrogen-bond acceptors (Lipinski definition) is 4. The predicted octanol–water partition coefficient (Wildman–Crippen LogP) is 2.96. The number of piperidine rings is 1. The third-order valence-corrected chi connectivity index (χ3v) is 5.20. The zero-order valence-corrected chi connectivity index (χ0v) is 18.3. The summed E-state index contributed by atoms with van der Waals surface area (Å²) in [6.07, 6.45) is 3.96. The number of halogens is 1. The highest BCUT2D eigenvalue weighted by Gasteiger charge is 2.27. The van der Waals surface area contributed by atoms with E-state index in [0.29, 0.717) is 51.1 Å². The van der Waals surface area contributed by atoms with E-state index in [9.17, 15) is 14.4 Å². The highest BCUT2D eigenvalue weighted by Crippen LogP contribution is 2.20. The van der Waals surface area contributed by atoms with Crippen LogP contribution in [-0.2, 0) is 14.4 Å². The molecule has 1 aromatic heterocycles. The first-order chi connectivity index (χ1) is 13.2. The molecule has 1 aromatic rings. The molecule has 1 saturated heterocycles. The smallest absolute Gasteiger partial charge is 0.228 e. The van der Waals surface area contributed by atoms with Crippen LogP contribution in [0.4, 0.5) is 5.82 Å². The minimum atomic E-state index is -0.418. The fraction of sp³-hybridized carbons (Fsp3) is 0.600. The summed E-state index contributed by atoms with van der Waals surface area (Å²) in [5.41, 5.74) is -0.418. The van der Waals surface area contributed by atoms with Crippen molar-refractivity contribution >= 4 is 39.5 Å². The molecule has 0 atom stereocenters. The van der Waals surface area contributed by atoms with Crippen molar-refractivity contribution < 1.29 is 14.4 Å². The topological polar surface area (TPSA) is 91.4 Å². The number of amides is 3. The van der Waals surface area contributed by atoms with E-state index in [-0.39, 0.29) is 23.6 Å². The van der Waals surface area contributed by atoms with Gasteiger partial charge in [-0.3, -0.25) is 14.4 Å². The van der Waals surface area contributed by atoms with E-state index in [1.807, 2.05) is 31.7 Å². The molecule has 0 bridgehead atoms. The number of pyridine rings is 1. The van der Waals surface area contributed by atoms with Gasteiger partial charge in [-0.15, -0.1) is 0 Å². The lowest BCUT2D eigenvalue weighted by Crippen LogP contribution is -2.41. The number of aromatic nitrogens is 1. The maximum atomic E-state index is 12.4. The molecular formula is C20H29BrN4O3. The monoisotopic (exact) mass is 452 g/mol. The summed E-state index contributed by atoms with van der Waals surface area (Å²) in [5.74, 6) is 0.446. The minimum Gasteiger partial charge on any atom is -0.356 e. The van der Waals surface area contributed by atoms with E-state index >= 15 is 0 Å². The number of carbonyl (C=O) groups excluding carboxylic acids is 3. The van der Waals surface area contributed by atoms with Gasteiger partial charge in [-0.05, 0) is 47.3 Å². The van der Waals surface area contributed by atoms with Crippen molar-refractivity contribution in [2.24, 2.45) is 11.3 Å².